The zero-order valence-corrected chi connectivity index (χ0v) is 9.05. The van der Waals surface area contributed by atoms with Gasteiger partial charge in [-0.15, -0.1) is 0 Å². The second kappa shape index (κ2) is 5.29. The molecule has 0 saturated heterocycles. The molecule has 0 aliphatic carbocycles. The number of nitrogens with two attached hydrogens (primary N) is 1. The highest BCUT2D eigenvalue weighted by molar-refractivity contribution is 7.98. The Kier molecular flexibility index (Phi) is 4.32. The van der Waals surface area contributed by atoms with Gasteiger partial charge in [0.2, 0.25) is 0 Å². The molecule has 0 radical (unpaired) electrons. The highest BCUT2D eigenvalue weighted by Crippen LogP contribution is 2.13. The first-order chi connectivity index (χ1) is 6.29. The minimum absolute atomic E-state index is 0.0856. The third-order valence-corrected chi connectivity index (χ3v) is 2.70. The first-order valence-electron chi connectivity index (χ1n) is 4.55. The number of imidazole rings is 1. The minimum atomic E-state index is 0.0856. The van der Waals surface area contributed by atoms with Gasteiger partial charge in [0, 0.05) is 18.9 Å². The van der Waals surface area contributed by atoms with Crippen molar-refractivity contribution in [1.29, 1.82) is 0 Å². The zero-order chi connectivity index (χ0) is 9.68. The van der Waals surface area contributed by atoms with Crippen LogP contribution in [0.25, 0.3) is 0 Å². The van der Waals surface area contributed by atoms with Gasteiger partial charge in [-0.25, -0.2) is 4.98 Å². The smallest absolute Gasteiger partial charge is 0.125 e. The Morgan fingerprint density at radius 3 is 3.08 bits per heavy atom. The van der Waals surface area contributed by atoms with Crippen LogP contribution in [0.15, 0.2) is 12.4 Å². The highest BCUT2D eigenvalue weighted by Gasteiger charge is 2.10. The predicted octanol–water partition coefficient (Wildman–Crippen LogP) is 1.66. The van der Waals surface area contributed by atoms with Gasteiger partial charge in [-0.1, -0.05) is 0 Å². The molecule has 0 fully saturated rings. The first-order valence-corrected chi connectivity index (χ1v) is 5.94. The van der Waals surface area contributed by atoms with Crippen molar-refractivity contribution in [3.05, 3.63) is 18.2 Å². The van der Waals surface area contributed by atoms with Gasteiger partial charge in [0.25, 0.3) is 0 Å². The molecule has 1 aromatic rings. The van der Waals surface area contributed by atoms with E-state index in [9.17, 15) is 0 Å². The van der Waals surface area contributed by atoms with Crippen molar-refractivity contribution in [2.75, 3.05) is 12.0 Å². The van der Waals surface area contributed by atoms with E-state index in [0.29, 0.717) is 0 Å². The van der Waals surface area contributed by atoms with E-state index in [4.69, 9.17) is 5.73 Å². The van der Waals surface area contributed by atoms with Crippen LogP contribution < -0.4 is 5.73 Å². The molecule has 1 heterocycles. The average molecular weight is 199 g/mol. The maximum absolute atomic E-state index is 6.01. The third kappa shape index (κ3) is 2.74. The SMILES string of the molecule is CCn1ccnc1C(N)CCSC. The first kappa shape index (κ1) is 10.6. The fraction of sp³-hybridized carbons (Fsp3) is 0.667. The van der Waals surface area contributed by atoms with Crippen molar-refractivity contribution in [2.45, 2.75) is 25.9 Å². The van der Waals surface area contributed by atoms with Crippen molar-refractivity contribution in [1.82, 2.24) is 9.55 Å². The number of nitrogens with zero attached hydrogens (tertiary/aromatic N) is 2. The third-order valence-electron chi connectivity index (χ3n) is 2.05. The summed E-state index contributed by atoms with van der Waals surface area (Å²) in [6.07, 6.45) is 6.89. The normalized spacial score (nSPS) is 13.2. The van der Waals surface area contributed by atoms with Crippen LogP contribution in [-0.2, 0) is 6.54 Å². The van der Waals surface area contributed by atoms with Crippen molar-refractivity contribution < 1.29 is 0 Å². The summed E-state index contributed by atoms with van der Waals surface area (Å²) in [5, 5.41) is 0. The lowest BCUT2D eigenvalue weighted by Gasteiger charge is -2.11. The zero-order valence-electron chi connectivity index (χ0n) is 8.23. The maximum atomic E-state index is 6.01. The second-order valence-electron chi connectivity index (χ2n) is 2.96. The van der Waals surface area contributed by atoms with E-state index in [-0.39, 0.29) is 6.04 Å². The Balaban J connectivity index is 2.59. The van der Waals surface area contributed by atoms with Gasteiger partial charge in [-0.2, -0.15) is 11.8 Å². The molecule has 2 N–H and O–H groups in total. The number of aromatic nitrogens is 2. The summed E-state index contributed by atoms with van der Waals surface area (Å²) in [7, 11) is 0. The topological polar surface area (TPSA) is 43.8 Å². The van der Waals surface area contributed by atoms with Crippen LogP contribution in [0, 0.1) is 0 Å². The molecule has 4 heteroatoms. The van der Waals surface area contributed by atoms with E-state index < -0.39 is 0 Å². The van der Waals surface area contributed by atoms with E-state index >= 15 is 0 Å². The van der Waals surface area contributed by atoms with Crippen LogP contribution in [0.5, 0.6) is 0 Å². The summed E-state index contributed by atoms with van der Waals surface area (Å²) in [4.78, 5) is 4.27. The van der Waals surface area contributed by atoms with Crippen LogP contribution in [0.4, 0.5) is 0 Å². The summed E-state index contributed by atoms with van der Waals surface area (Å²) in [5.41, 5.74) is 6.01. The van der Waals surface area contributed by atoms with Gasteiger partial charge in [0.15, 0.2) is 0 Å². The lowest BCUT2D eigenvalue weighted by Crippen LogP contribution is -2.16. The van der Waals surface area contributed by atoms with E-state index in [1.165, 1.54) is 0 Å². The molecular formula is C9H17N3S. The van der Waals surface area contributed by atoms with Gasteiger partial charge >= 0.3 is 0 Å². The molecule has 0 saturated carbocycles. The lowest BCUT2D eigenvalue weighted by molar-refractivity contribution is 0.592. The molecule has 74 valence electrons. The van der Waals surface area contributed by atoms with Crippen LogP contribution in [-0.4, -0.2) is 21.6 Å². The summed E-state index contributed by atoms with van der Waals surface area (Å²) in [5.74, 6) is 2.11. The molecule has 0 aromatic carbocycles. The van der Waals surface area contributed by atoms with Gasteiger partial charge < -0.3 is 10.3 Å². The summed E-state index contributed by atoms with van der Waals surface area (Å²) in [6, 6.07) is 0.0856. The van der Waals surface area contributed by atoms with Crippen molar-refractivity contribution in [3.63, 3.8) is 0 Å². The molecule has 13 heavy (non-hydrogen) atoms. The average Bonchev–Trinajstić information content (AvgIpc) is 2.61. The number of rotatable bonds is 5. The van der Waals surface area contributed by atoms with Crippen molar-refractivity contribution >= 4 is 11.8 Å². The summed E-state index contributed by atoms with van der Waals surface area (Å²) >= 11 is 1.82. The molecule has 0 amide bonds. The molecule has 1 atom stereocenters. The minimum Gasteiger partial charge on any atom is -0.334 e. The Morgan fingerprint density at radius 1 is 1.69 bits per heavy atom. The van der Waals surface area contributed by atoms with E-state index in [2.05, 4.69) is 22.7 Å². The fourth-order valence-corrected chi connectivity index (χ4v) is 1.78. The number of thioether (sulfide) groups is 1. The quantitative estimate of drug-likeness (QED) is 0.784. The Bertz CT molecular complexity index is 247. The largest absolute Gasteiger partial charge is 0.334 e. The molecule has 0 bridgehead atoms. The highest BCUT2D eigenvalue weighted by atomic mass is 32.2. The van der Waals surface area contributed by atoms with Gasteiger partial charge in [-0.3, -0.25) is 0 Å². The monoisotopic (exact) mass is 199 g/mol. The lowest BCUT2D eigenvalue weighted by atomic mass is 10.2. The summed E-state index contributed by atoms with van der Waals surface area (Å²) < 4.78 is 2.10. The number of aryl methyl sites for hydroxylation is 1. The molecular weight excluding hydrogens is 182 g/mol. The molecule has 1 aromatic heterocycles. The molecule has 1 unspecified atom stereocenters. The van der Waals surface area contributed by atoms with Crippen LogP contribution in [0.2, 0.25) is 0 Å². The fourth-order valence-electron chi connectivity index (χ4n) is 1.29. The van der Waals surface area contributed by atoms with E-state index in [1.807, 2.05) is 24.2 Å². The van der Waals surface area contributed by atoms with Gasteiger partial charge in [-0.05, 0) is 25.4 Å². The van der Waals surface area contributed by atoms with Crippen molar-refractivity contribution in [2.24, 2.45) is 5.73 Å². The summed E-state index contributed by atoms with van der Waals surface area (Å²) in [6.45, 7) is 3.05. The van der Waals surface area contributed by atoms with Crippen LogP contribution in [0.3, 0.4) is 0 Å². The molecule has 1 rings (SSSR count). The molecule has 0 aliphatic heterocycles. The number of hydrogen-bond acceptors (Lipinski definition) is 3. The van der Waals surface area contributed by atoms with Crippen LogP contribution >= 0.6 is 11.8 Å². The standard InChI is InChI=1S/C9H17N3S/c1-3-12-6-5-11-9(12)8(10)4-7-13-2/h5-6,8H,3-4,7,10H2,1-2H3. The number of hydrogen-bond donors (Lipinski definition) is 1. The van der Waals surface area contributed by atoms with E-state index in [0.717, 1.165) is 24.5 Å². The van der Waals surface area contributed by atoms with E-state index in [1.54, 1.807) is 0 Å². The van der Waals surface area contributed by atoms with Crippen molar-refractivity contribution in [3.8, 4) is 0 Å². The maximum Gasteiger partial charge on any atom is 0.125 e. The Labute approximate surface area is 83.7 Å². The molecule has 0 aliphatic rings. The second-order valence-corrected chi connectivity index (χ2v) is 3.95. The van der Waals surface area contributed by atoms with Gasteiger partial charge in [0.05, 0.1) is 6.04 Å². The van der Waals surface area contributed by atoms with Gasteiger partial charge in [0.1, 0.15) is 5.82 Å². The van der Waals surface area contributed by atoms with Crippen LogP contribution in [0.1, 0.15) is 25.2 Å². The predicted molar refractivity (Wildman–Crippen MR) is 57.8 cm³/mol. The Morgan fingerprint density at radius 2 is 2.46 bits per heavy atom. The molecule has 0 spiro atoms. The molecule has 3 nitrogen and oxygen atoms in total. The Hall–Kier alpha value is -0.480.